The van der Waals surface area contributed by atoms with E-state index >= 15 is 0 Å². The molecule has 27 heavy (non-hydrogen) atoms. The average Bonchev–Trinajstić information content (AvgIpc) is 3.17. The maximum absolute atomic E-state index is 12.1. The Morgan fingerprint density at radius 1 is 1.11 bits per heavy atom. The Labute approximate surface area is 157 Å². The number of rotatable bonds is 7. The first-order valence-corrected chi connectivity index (χ1v) is 9.18. The third kappa shape index (κ3) is 5.09. The fraction of sp³-hybridized carbons (Fsp3) is 0.556. The number of carbonyl (C=O) groups is 2. The number of hydrogen-bond donors (Lipinski definition) is 4. The van der Waals surface area contributed by atoms with Crippen molar-refractivity contribution in [2.45, 2.75) is 12.5 Å². The molecular weight excluding hydrogens is 354 g/mol. The average molecular weight is 380 g/mol. The molecule has 0 unspecified atom stereocenters. The van der Waals surface area contributed by atoms with Gasteiger partial charge in [0.2, 0.25) is 6.79 Å². The van der Waals surface area contributed by atoms with E-state index in [0.717, 1.165) is 18.7 Å². The van der Waals surface area contributed by atoms with E-state index in [1.54, 1.807) is 0 Å². The van der Waals surface area contributed by atoms with Crippen LogP contribution < -0.4 is 25.0 Å². The number of hydrogen-bond acceptors (Lipinski definition) is 6. The van der Waals surface area contributed by atoms with Crippen molar-refractivity contribution < 1.29 is 33.8 Å². The van der Waals surface area contributed by atoms with Crippen molar-refractivity contribution in [3.63, 3.8) is 0 Å². The molecule has 0 aliphatic carbocycles. The highest BCUT2D eigenvalue weighted by molar-refractivity contribution is 6.35. The number of fused-ring (bicyclic) bond motifs is 1. The summed E-state index contributed by atoms with van der Waals surface area (Å²) in [4.78, 5) is 25.2. The first-order chi connectivity index (χ1) is 13.2. The smallest absolute Gasteiger partial charge is 0.309 e. The lowest BCUT2D eigenvalue weighted by Crippen LogP contribution is -3.15. The number of morpholine rings is 1. The second kappa shape index (κ2) is 9.54. The maximum Gasteiger partial charge on any atom is 0.309 e. The molecule has 0 saturated carbocycles. The van der Waals surface area contributed by atoms with Gasteiger partial charge in [0.05, 0.1) is 19.8 Å². The quantitative estimate of drug-likeness (QED) is 0.321. The van der Waals surface area contributed by atoms with Gasteiger partial charge in [0, 0.05) is 18.7 Å². The van der Waals surface area contributed by atoms with Crippen LogP contribution in [-0.4, -0.2) is 69.7 Å². The minimum absolute atomic E-state index is 0.0300. The number of aliphatic hydroxyl groups is 1. The van der Waals surface area contributed by atoms with Gasteiger partial charge in [-0.2, -0.15) is 0 Å². The molecule has 2 heterocycles. The largest absolute Gasteiger partial charge is 0.454 e. The molecule has 2 aliphatic heterocycles. The van der Waals surface area contributed by atoms with Crippen LogP contribution in [0.25, 0.3) is 0 Å². The van der Waals surface area contributed by atoms with Crippen LogP contribution >= 0.6 is 0 Å². The van der Waals surface area contributed by atoms with E-state index in [4.69, 9.17) is 19.3 Å². The van der Waals surface area contributed by atoms with Crippen LogP contribution in [0.3, 0.4) is 0 Å². The highest BCUT2D eigenvalue weighted by atomic mass is 16.7. The molecular formula is C18H26N3O6+. The minimum atomic E-state index is -0.690. The van der Waals surface area contributed by atoms with E-state index in [-0.39, 0.29) is 26.0 Å². The van der Waals surface area contributed by atoms with Crippen LogP contribution in [0.15, 0.2) is 18.2 Å². The normalized spacial score (nSPS) is 17.4. The van der Waals surface area contributed by atoms with Crippen molar-refractivity contribution in [2.24, 2.45) is 0 Å². The van der Waals surface area contributed by atoms with Gasteiger partial charge in [-0.15, -0.1) is 0 Å². The molecule has 1 fully saturated rings. The van der Waals surface area contributed by atoms with E-state index in [2.05, 4.69) is 10.6 Å². The van der Waals surface area contributed by atoms with Gasteiger partial charge in [0.25, 0.3) is 0 Å². The zero-order valence-corrected chi connectivity index (χ0v) is 15.2. The van der Waals surface area contributed by atoms with Gasteiger partial charge < -0.3 is 34.9 Å². The second-order valence-corrected chi connectivity index (χ2v) is 6.48. The number of quaternary nitrogens is 1. The molecule has 148 valence electrons. The van der Waals surface area contributed by atoms with E-state index in [1.807, 2.05) is 18.2 Å². The summed E-state index contributed by atoms with van der Waals surface area (Å²) >= 11 is 0. The van der Waals surface area contributed by atoms with Crippen molar-refractivity contribution in [3.8, 4) is 11.5 Å². The summed E-state index contributed by atoms with van der Waals surface area (Å²) in [5.74, 6) is 0.0382. The first kappa shape index (κ1) is 19.4. The van der Waals surface area contributed by atoms with Crippen molar-refractivity contribution >= 4 is 11.8 Å². The number of ether oxygens (including phenoxy) is 3. The Kier molecular flexibility index (Phi) is 6.86. The fourth-order valence-corrected chi connectivity index (χ4v) is 3.25. The number of aliphatic hydroxyl groups excluding tert-OH is 1. The maximum atomic E-state index is 12.1. The molecule has 9 nitrogen and oxygen atoms in total. The SMILES string of the molecule is O=C(NCCCO)C(=O)NC[C@@H](c1ccc2c(c1)OCO2)[NH+]1CCOCC1. The molecule has 1 atom stereocenters. The molecule has 1 saturated heterocycles. The molecule has 3 rings (SSSR count). The lowest BCUT2D eigenvalue weighted by Gasteiger charge is -2.32. The molecule has 1 aromatic carbocycles. The zero-order chi connectivity index (χ0) is 19.1. The number of amides is 2. The van der Waals surface area contributed by atoms with Crippen molar-refractivity contribution in [2.75, 3.05) is 52.8 Å². The number of benzene rings is 1. The predicted molar refractivity (Wildman–Crippen MR) is 94.5 cm³/mol. The molecule has 0 radical (unpaired) electrons. The summed E-state index contributed by atoms with van der Waals surface area (Å²) < 4.78 is 16.3. The van der Waals surface area contributed by atoms with Crippen LogP contribution in [0.2, 0.25) is 0 Å². The molecule has 2 amide bonds. The molecule has 0 spiro atoms. The van der Waals surface area contributed by atoms with Crippen molar-refractivity contribution in [1.82, 2.24) is 10.6 Å². The summed E-state index contributed by atoms with van der Waals surface area (Å²) in [6, 6.07) is 5.74. The van der Waals surface area contributed by atoms with Crippen molar-refractivity contribution in [3.05, 3.63) is 23.8 Å². The number of nitrogens with one attached hydrogen (secondary N) is 3. The molecule has 1 aromatic rings. The Balaban J connectivity index is 1.65. The standard InChI is InChI=1S/C18H25N3O6/c22-7-1-4-19-17(23)18(24)20-11-14(21-5-8-25-9-6-21)13-2-3-15-16(10-13)27-12-26-15/h2-3,10,14,22H,1,4-9,11-12H2,(H,19,23)(H,20,24)/p+1/t14-/m0/s1. The topological polar surface area (TPSA) is 111 Å². The zero-order valence-electron chi connectivity index (χ0n) is 15.2. The van der Waals surface area contributed by atoms with Crippen LogP contribution in [0.1, 0.15) is 18.0 Å². The predicted octanol–water partition coefficient (Wildman–Crippen LogP) is -2.01. The monoisotopic (exact) mass is 380 g/mol. The molecule has 0 bridgehead atoms. The summed E-state index contributed by atoms with van der Waals surface area (Å²) in [6.45, 7) is 3.71. The van der Waals surface area contributed by atoms with Crippen LogP contribution in [0.4, 0.5) is 0 Å². The summed E-state index contributed by atoms with van der Waals surface area (Å²) in [7, 11) is 0. The van der Waals surface area contributed by atoms with Gasteiger partial charge in [-0.25, -0.2) is 0 Å². The fourth-order valence-electron chi connectivity index (χ4n) is 3.25. The van der Waals surface area contributed by atoms with Gasteiger partial charge >= 0.3 is 11.8 Å². The summed E-state index contributed by atoms with van der Waals surface area (Å²) in [5.41, 5.74) is 1.01. The number of carbonyl (C=O) groups excluding carboxylic acids is 2. The van der Waals surface area contributed by atoms with E-state index in [9.17, 15) is 9.59 Å². The lowest BCUT2D eigenvalue weighted by molar-refractivity contribution is -0.937. The Hall–Kier alpha value is -2.36. The van der Waals surface area contributed by atoms with Gasteiger partial charge in [-0.05, 0) is 24.6 Å². The van der Waals surface area contributed by atoms with Crippen molar-refractivity contribution in [1.29, 1.82) is 0 Å². The third-order valence-corrected chi connectivity index (χ3v) is 4.72. The van der Waals surface area contributed by atoms with Gasteiger partial charge in [-0.3, -0.25) is 9.59 Å². The van der Waals surface area contributed by atoms with Gasteiger partial charge in [0.15, 0.2) is 11.5 Å². The Morgan fingerprint density at radius 2 is 1.85 bits per heavy atom. The molecule has 9 heteroatoms. The molecule has 2 aliphatic rings. The highest BCUT2D eigenvalue weighted by Crippen LogP contribution is 2.33. The van der Waals surface area contributed by atoms with Crippen LogP contribution in [0.5, 0.6) is 11.5 Å². The third-order valence-electron chi connectivity index (χ3n) is 4.72. The minimum Gasteiger partial charge on any atom is -0.454 e. The van der Waals surface area contributed by atoms with Crippen LogP contribution in [0, 0.1) is 0 Å². The van der Waals surface area contributed by atoms with E-state index < -0.39 is 11.8 Å². The van der Waals surface area contributed by atoms with Gasteiger partial charge in [-0.1, -0.05) is 0 Å². The second-order valence-electron chi connectivity index (χ2n) is 6.48. The Morgan fingerprint density at radius 3 is 2.63 bits per heavy atom. The lowest BCUT2D eigenvalue weighted by atomic mass is 10.0. The first-order valence-electron chi connectivity index (χ1n) is 9.18. The van der Waals surface area contributed by atoms with E-state index in [1.165, 1.54) is 4.90 Å². The highest BCUT2D eigenvalue weighted by Gasteiger charge is 2.29. The molecule has 0 aromatic heterocycles. The summed E-state index contributed by atoms with van der Waals surface area (Å²) in [6.07, 6.45) is 0.413. The van der Waals surface area contributed by atoms with Gasteiger partial charge in [0.1, 0.15) is 19.1 Å². The Bertz CT molecular complexity index is 662. The van der Waals surface area contributed by atoms with Crippen LogP contribution in [-0.2, 0) is 14.3 Å². The summed E-state index contributed by atoms with van der Waals surface area (Å²) in [5, 5.41) is 14.0. The van der Waals surface area contributed by atoms with E-state index in [0.29, 0.717) is 37.7 Å². The molecule has 4 N–H and O–H groups in total.